The Kier molecular flexibility index (Phi) is 6.59. The molecule has 2 aliphatic heterocycles. The van der Waals surface area contributed by atoms with Gasteiger partial charge in [-0.15, -0.1) is 11.3 Å². The molecule has 234 valence electrons. The van der Waals surface area contributed by atoms with E-state index in [9.17, 15) is 0 Å². The number of benzene rings is 5. The van der Waals surface area contributed by atoms with Crippen LogP contribution >= 0.6 is 11.3 Å². The van der Waals surface area contributed by atoms with E-state index in [-0.39, 0.29) is 16.9 Å². The summed E-state index contributed by atoms with van der Waals surface area (Å²) in [5, 5.41) is 1.41. The Hall–Kier alpha value is -4.60. The third-order valence-corrected chi connectivity index (χ3v) is 12.4. The van der Waals surface area contributed by atoms with Gasteiger partial charge in [0, 0.05) is 21.5 Å². The van der Waals surface area contributed by atoms with Gasteiger partial charge in [-0.2, -0.15) is 0 Å². The number of allylic oxidation sites excluding steroid dienone is 2. The van der Waals surface area contributed by atoms with Gasteiger partial charge in [-0.3, -0.25) is 0 Å². The molecule has 0 fully saturated rings. The lowest BCUT2D eigenvalue weighted by molar-refractivity contribution is 0.562. The fraction of sp³-hybridized carbons (Fsp3) is 0.200. The number of thiophene rings is 1. The molecule has 0 amide bonds. The quantitative estimate of drug-likeness (QED) is 0.175. The van der Waals surface area contributed by atoms with E-state index in [0.29, 0.717) is 12.5 Å². The minimum absolute atomic E-state index is 0.0956. The van der Waals surface area contributed by atoms with Gasteiger partial charge in [0.2, 0.25) is 6.71 Å². The lowest BCUT2D eigenvalue weighted by atomic mass is 9.27. The average Bonchev–Trinajstić information content (AvgIpc) is 3.50. The summed E-state index contributed by atoms with van der Waals surface area (Å²) >= 11 is 2.03. The first-order valence-electron chi connectivity index (χ1n) is 17.3. The highest BCUT2D eigenvalue weighted by Crippen LogP contribution is 2.55. The Morgan fingerprint density at radius 2 is 1.35 bits per heavy atom. The molecule has 9 rings (SSSR count). The average molecular weight is 638 g/mol. The highest BCUT2D eigenvalue weighted by Gasteiger charge is 2.55. The zero-order valence-corrected chi connectivity index (χ0v) is 29.2. The van der Waals surface area contributed by atoms with Crippen molar-refractivity contribution >= 4 is 49.7 Å². The maximum absolute atomic E-state index is 2.63. The highest BCUT2D eigenvalue weighted by atomic mass is 32.1. The summed E-state index contributed by atoms with van der Waals surface area (Å²) in [6, 6.07) is 45.8. The van der Waals surface area contributed by atoms with Crippen LogP contribution in [0.15, 0.2) is 145 Å². The second-order valence-electron chi connectivity index (χ2n) is 15.4. The van der Waals surface area contributed by atoms with Crippen molar-refractivity contribution in [3.63, 3.8) is 0 Å². The van der Waals surface area contributed by atoms with Gasteiger partial charge in [0.15, 0.2) is 0 Å². The van der Waals surface area contributed by atoms with Crippen LogP contribution in [-0.4, -0.2) is 12.8 Å². The van der Waals surface area contributed by atoms with Crippen molar-refractivity contribution < 1.29 is 0 Å². The van der Waals surface area contributed by atoms with Crippen LogP contribution in [0.4, 0.5) is 11.4 Å². The fourth-order valence-corrected chi connectivity index (χ4v) is 10.3. The summed E-state index contributed by atoms with van der Waals surface area (Å²) in [5.74, 6) is 0.351. The summed E-state index contributed by atoms with van der Waals surface area (Å²) in [5.41, 5.74) is 13.6. The molecule has 0 bridgehead atoms. The molecule has 1 aromatic heterocycles. The predicted octanol–water partition coefficient (Wildman–Crippen LogP) is 10.8. The molecular weight excluding hydrogens is 597 g/mol. The SMILES string of the molecule is CC(C)(C)c1ccc(-c2ccc3c(c2)N(c2ccccc2)C2C=CC=C4C2B3c2sc3ccc(-c5ccccc5)cc3c2C4(C)C)cc1. The molecule has 3 aliphatic rings. The van der Waals surface area contributed by atoms with E-state index in [4.69, 9.17) is 0 Å². The Labute approximate surface area is 289 Å². The highest BCUT2D eigenvalue weighted by molar-refractivity contribution is 7.31. The van der Waals surface area contributed by atoms with Crippen molar-refractivity contribution in [2.75, 3.05) is 4.90 Å². The van der Waals surface area contributed by atoms with Crippen LogP contribution in [0.5, 0.6) is 0 Å². The van der Waals surface area contributed by atoms with Crippen molar-refractivity contribution in [2.24, 2.45) is 0 Å². The monoisotopic (exact) mass is 637 g/mol. The number of nitrogens with zero attached hydrogens (tertiary/aromatic N) is 1. The molecule has 6 aromatic rings. The Bertz CT molecular complexity index is 2250. The van der Waals surface area contributed by atoms with Gasteiger partial charge in [0.25, 0.3) is 0 Å². The summed E-state index contributed by atoms with van der Waals surface area (Å²) in [6.07, 6.45) is 7.24. The normalized spacial score (nSPS) is 19.1. The van der Waals surface area contributed by atoms with E-state index in [0.717, 1.165) is 0 Å². The molecular formula is C45H40BNS. The first kappa shape index (κ1) is 29.5. The molecule has 0 saturated carbocycles. The van der Waals surface area contributed by atoms with E-state index in [1.54, 1.807) is 10.3 Å². The number of rotatable bonds is 3. The molecule has 1 nitrogen and oxygen atoms in total. The molecule has 2 atom stereocenters. The molecule has 0 spiro atoms. The van der Waals surface area contributed by atoms with E-state index >= 15 is 0 Å². The number of hydrogen-bond donors (Lipinski definition) is 0. The van der Waals surface area contributed by atoms with Crippen molar-refractivity contribution in [3.05, 3.63) is 156 Å². The van der Waals surface area contributed by atoms with Gasteiger partial charge in [-0.1, -0.05) is 149 Å². The Morgan fingerprint density at radius 1 is 0.708 bits per heavy atom. The van der Waals surface area contributed by atoms with E-state index < -0.39 is 0 Å². The molecule has 3 heterocycles. The Balaban J connectivity index is 1.28. The van der Waals surface area contributed by atoms with Crippen molar-refractivity contribution in [1.82, 2.24) is 0 Å². The lowest BCUT2D eigenvalue weighted by Gasteiger charge is -2.53. The number of anilines is 2. The topological polar surface area (TPSA) is 3.24 Å². The van der Waals surface area contributed by atoms with Crippen molar-refractivity contribution in [1.29, 1.82) is 0 Å². The smallest absolute Gasteiger partial charge is 0.235 e. The maximum Gasteiger partial charge on any atom is 0.235 e. The van der Waals surface area contributed by atoms with Crippen molar-refractivity contribution in [3.8, 4) is 22.3 Å². The minimum Gasteiger partial charge on any atom is -0.335 e. The Morgan fingerprint density at radius 3 is 2.08 bits per heavy atom. The number of hydrogen-bond acceptors (Lipinski definition) is 2. The van der Waals surface area contributed by atoms with Gasteiger partial charge in [0.1, 0.15) is 0 Å². The van der Waals surface area contributed by atoms with E-state index in [2.05, 4.69) is 179 Å². The van der Waals surface area contributed by atoms with Gasteiger partial charge < -0.3 is 4.90 Å². The molecule has 1 aliphatic carbocycles. The van der Waals surface area contributed by atoms with Gasteiger partial charge in [-0.05, 0) is 90.6 Å². The van der Waals surface area contributed by atoms with Crippen LogP contribution in [-0.2, 0) is 10.8 Å². The summed E-state index contributed by atoms with van der Waals surface area (Å²) in [7, 11) is 0. The zero-order chi connectivity index (χ0) is 32.8. The largest absolute Gasteiger partial charge is 0.335 e. The van der Waals surface area contributed by atoms with Gasteiger partial charge in [0.05, 0.1) is 6.04 Å². The molecule has 2 unspecified atom stereocenters. The lowest BCUT2D eigenvalue weighted by Crippen LogP contribution is -2.63. The molecule has 0 saturated heterocycles. The molecule has 0 N–H and O–H groups in total. The first-order chi connectivity index (χ1) is 23.2. The summed E-state index contributed by atoms with van der Waals surface area (Å²) < 4.78 is 2.93. The number of fused-ring (bicyclic) bond motifs is 6. The molecule has 3 heteroatoms. The maximum atomic E-state index is 2.63. The fourth-order valence-electron chi connectivity index (χ4n) is 8.79. The van der Waals surface area contributed by atoms with Crippen LogP contribution in [0.3, 0.4) is 0 Å². The number of para-hydroxylation sites is 1. The molecule has 48 heavy (non-hydrogen) atoms. The van der Waals surface area contributed by atoms with Gasteiger partial charge in [-0.25, -0.2) is 0 Å². The van der Waals surface area contributed by atoms with Crippen LogP contribution in [0, 0.1) is 0 Å². The third-order valence-electron chi connectivity index (χ3n) is 11.2. The van der Waals surface area contributed by atoms with Crippen LogP contribution in [0.1, 0.15) is 45.7 Å². The van der Waals surface area contributed by atoms with E-state index in [1.165, 1.54) is 60.3 Å². The third kappa shape index (κ3) is 4.44. The van der Waals surface area contributed by atoms with Crippen LogP contribution in [0.25, 0.3) is 32.3 Å². The summed E-state index contributed by atoms with van der Waals surface area (Å²) in [6.45, 7) is 12.1. The molecule has 0 radical (unpaired) electrons. The first-order valence-corrected chi connectivity index (χ1v) is 18.1. The minimum atomic E-state index is -0.0956. The molecule has 5 aromatic carbocycles. The standard InChI is InChI=1S/C45H40BNS/c1-44(2,3)33-23-19-30(20-24-33)32-21-25-37-39(28-32)47(34-15-10-7-11-16-34)38-18-12-17-36-42(38)46(37)43-41(45(36,4)5)35-27-31(22-26-40(35)48-43)29-13-8-6-9-14-29/h6-28,38,42H,1-5H3. The van der Waals surface area contributed by atoms with Crippen molar-refractivity contribution in [2.45, 2.75) is 57.3 Å². The summed E-state index contributed by atoms with van der Waals surface area (Å²) in [4.78, 5) is 2.63. The van der Waals surface area contributed by atoms with Crippen LogP contribution < -0.4 is 15.1 Å². The van der Waals surface area contributed by atoms with E-state index in [1.807, 2.05) is 11.3 Å². The zero-order valence-electron chi connectivity index (χ0n) is 28.4. The second kappa shape index (κ2) is 10.7. The second-order valence-corrected chi connectivity index (χ2v) is 16.4. The van der Waals surface area contributed by atoms with Crippen LogP contribution in [0.2, 0.25) is 5.82 Å². The van der Waals surface area contributed by atoms with Gasteiger partial charge >= 0.3 is 0 Å². The predicted molar refractivity (Wildman–Crippen MR) is 209 cm³/mol.